The standard InChI is InChI=1S/C19H22BrN3O3/c1-4-24-11-17-22-16-8-21-15-7-12(20)5-6-14(15)18(16)23(17)9-13-10-25-19(2,3)26-13/h5-8,13H,4,9-11H2,1-3H3/t13-/m1/s1. The number of hydrogen-bond acceptors (Lipinski definition) is 5. The van der Waals surface area contributed by atoms with E-state index in [4.69, 9.17) is 19.2 Å². The van der Waals surface area contributed by atoms with E-state index in [9.17, 15) is 0 Å². The van der Waals surface area contributed by atoms with Crippen molar-refractivity contribution in [3.05, 3.63) is 34.7 Å². The van der Waals surface area contributed by atoms with Gasteiger partial charge in [-0.25, -0.2) is 4.98 Å². The molecule has 0 spiro atoms. The average molecular weight is 420 g/mol. The number of benzene rings is 1. The van der Waals surface area contributed by atoms with Crippen molar-refractivity contribution in [1.82, 2.24) is 14.5 Å². The molecule has 7 heteroatoms. The molecule has 1 aromatic carbocycles. The summed E-state index contributed by atoms with van der Waals surface area (Å²) in [4.78, 5) is 9.33. The largest absolute Gasteiger partial charge is 0.374 e. The van der Waals surface area contributed by atoms with Crippen LogP contribution in [0.5, 0.6) is 0 Å². The molecule has 6 nitrogen and oxygen atoms in total. The third-order valence-corrected chi connectivity index (χ3v) is 5.00. The third kappa shape index (κ3) is 3.36. The second-order valence-corrected chi connectivity index (χ2v) is 7.80. The first-order chi connectivity index (χ1) is 12.5. The van der Waals surface area contributed by atoms with E-state index in [-0.39, 0.29) is 6.10 Å². The van der Waals surface area contributed by atoms with E-state index in [0.29, 0.717) is 26.4 Å². The van der Waals surface area contributed by atoms with E-state index in [0.717, 1.165) is 32.2 Å². The van der Waals surface area contributed by atoms with Crippen molar-refractivity contribution in [2.45, 2.75) is 45.8 Å². The van der Waals surface area contributed by atoms with Gasteiger partial charge in [0.2, 0.25) is 0 Å². The molecule has 1 aliphatic heterocycles. The summed E-state index contributed by atoms with van der Waals surface area (Å²) in [5, 5.41) is 1.07. The number of ether oxygens (including phenoxy) is 3. The van der Waals surface area contributed by atoms with Crippen LogP contribution in [0.2, 0.25) is 0 Å². The van der Waals surface area contributed by atoms with Crippen LogP contribution in [0.4, 0.5) is 0 Å². The van der Waals surface area contributed by atoms with Gasteiger partial charge >= 0.3 is 0 Å². The number of hydrogen-bond donors (Lipinski definition) is 0. The topological polar surface area (TPSA) is 58.4 Å². The van der Waals surface area contributed by atoms with Crippen LogP contribution in [-0.2, 0) is 27.4 Å². The second kappa shape index (κ2) is 6.88. The van der Waals surface area contributed by atoms with Gasteiger partial charge in [0.05, 0.1) is 30.4 Å². The first kappa shape index (κ1) is 17.9. The van der Waals surface area contributed by atoms with Gasteiger partial charge in [0, 0.05) is 16.5 Å². The minimum atomic E-state index is -0.546. The van der Waals surface area contributed by atoms with Crippen molar-refractivity contribution in [1.29, 1.82) is 0 Å². The first-order valence-corrected chi connectivity index (χ1v) is 9.59. The molecule has 0 radical (unpaired) electrons. The van der Waals surface area contributed by atoms with Gasteiger partial charge in [-0.2, -0.15) is 0 Å². The number of rotatable bonds is 5. The van der Waals surface area contributed by atoms with Gasteiger partial charge in [0.1, 0.15) is 24.1 Å². The number of pyridine rings is 1. The Morgan fingerprint density at radius 3 is 2.92 bits per heavy atom. The SMILES string of the molecule is CCOCc1nc2cnc3cc(Br)ccc3c2n1C[C@@H]1COC(C)(C)O1. The molecule has 4 rings (SSSR count). The zero-order valence-corrected chi connectivity index (χ0v) is 16.7. The number of aromatic nitrogens is 3. The summed E-state index contributed by atoms with van der Waals surface area (Å²) in [6.45, 7) is 8.20. The van der Waals surface area contributed by atoms with Crippen molar-refractivity contribution in [2.75, 3.05) is 13.2 Å². The molecule has 0 bridgehead atoms. The summed E-state index contributed by atoms with van der Waals surface area (Å²) in [5.41, 5.74) is 2.86. The van der Waals surface area contributed by atoms with Crippen LogP contribution in [-0.4, -0.2) is 39.6 Å². The molecule has 0 N–H and O–H groups in total. The molecule has 1 atom stereocenters. The van der Waals surface area contributed by atoms with Crippen molar-refractivity contribution >= 4 is 37.9 Å². The van der Waals surface area contributed by atoms with Crippen LogP contribution >= 0.6 is 15.9 Å². The number of halogens is 1. The number of fused-ring (bicyclic) bond motifs is 3. The van der Waals surface area contributed by atoms with E-state index < -0.39 is 5.79 Å². The molecule has 26 heavy (non-hydrogen) atoms. The minimum Gasteiger partial charge on any atom is -0.374 e. The molecule has 138 valence electrons. The molecular weight excluding hydrogens is 398 g/mol. The predicted octanol–water partition coefficient (Wildman–Crippen LogP) is 4.04. The van der Waals surface area contributed by atoms with Gasteiger partial charge in [-0.15, -0.1) is 0 Å². The molecule has 0 saturated carbocycles. The minimum absolute atomic E-state index is 0.0264. The number of imidazole rings is 1. The fourth-order valence-corrected chi connectivity index (χ4v) is 3.74. The smallest absolute Gasteiger partial charge is 0.163 e. The summed E-state index contributed by atoms with van der Waals surface area (Å²) >= 11 is 3.52. The van der Waals surface area contributed by atoms with E-state index in [2.05, 4.69) is 31.5 Å². The monoisotopic (exact) mass is 419 g/mol. The molecule has 1 aliphatic rings. The normalized spacial score (nSPS) is 19.6. The van der Waals surface area contributed by atoms with Crippen LogP contribution in [0.1, 0.15) is 26.6 Å². The Labute approximate surface area is 160 Å². The molecule has 3 heterocycles. The Balaban J connectivity index is 1.83. The van der Waals surface area contributed by atoms with E-state index >= 15 is 0 Å². The first-order valence-electron chi connectivity index (χ1n) is 8.80. The van der Waals surface area contributed by atoms with E-state index in [1.54, 1.807) is 0 Å². The molecule has 1 fully saturated rings. The second-order valence-electron chi connectivity index (χ2n) is 6.88. The van der Waals surface area contributed by atoms with Gasteiger partial charge in [-0.3, -0.25) is 4.98 Å². The van der Waals surface area contributed by atoms with Crippen LogP contribution < -0.4 is 0 Å². The third-order valence-electron chi connectivity index (χ3n) is 4.50. The maximum atomic E-state index is 6.03. The molecule has 1 saturated heterocycles. The van der Waals surface area contributed by atoms with Crippen LogP contribution in [0.15, 0.2) is 28.9 Å². The maximum absolute atomic E-state index is 6.03. The van der Waals surface area contributed by atoms with Gasteiger partial charge in [-0.05, 0) is 39.0 Å². The highest BCUT2D eigenvalue weighted by atomic mass is 79.9. The molecule has 3 aromatic rings. The summed E-state index contributed by atoms with van der Waals surface area (Å²) in [5.74, 6) is 0.336. The molecule has 0 aliphatic carbocycles. The maximum Gasteiger partial charge on any atom is 0.163 e. The quantitative estimate of drug-likeness (QED) is 0.624. The van der Waals surface area contributed by atoms with Crippen molar-refractivity contribution < 1.29 is 14.2 Å². The predicted molar refractivity (Wildman–Crippen MR) is 103 cm³/mol. The number of nitrogens with zero attached hydrogens (tertiary/aromatic N) is 3. The summed E-state index contributed by atoms with van der Waals surface area (Å²) in [6.07, 6.45) is 1.80. The van der Waals surface area contributed by atoms with E-state index in [1.165, 1.54) is 0 Å². The van der Waals surface area contributed by atoms with E-state index in [1.807, 2.05) is 39.1 Å². The highest BCUT2D eigenvalue weighted by molar-refractivity contribution is 9.10. The lowest BCUT2D eigenvalue weighted by Crippen LogP contribution is -2.25. The van der Waals surface area contributed by atoms with Crippen LogP contribution in [0, 0.1) is 0 Å². The van der Waals surface area contributed by atoms with Gasteiger partial charge in [-0.1, -0.05) is 15.9 Å². The summed E-state index contributed by atoms with van der Waals surface area (Å²) in [7, 11) is 0. The fourth-order valence-electron chi connectivity index (χ4n) is 3.39. The van der Waals surface area contributed by atoms with Gasteiger partial charge in [0.15, 0.2) is 5.79 Å². The Hall–Kier alpha value is -1.54. The average Bonchev–Trinajstić information content (AvgIpc) is 3.13. The molecular formula is C19H22BrN3O3. The fraction of sp³-hybridized carbons (Fsp3) is 0.474. The van der Waals surface area contributed by atoms with Crippen LogP contribution in [0.3, 0.4) is 0 Å². The molecule has 0 unspecified atom stereocenters. The lowest BCUT2D eigenvalue weighted by atomic mass is 10.2. The molecule has 0 amide bonds. The zero-order chi connectivity index (χ0) is 18.3. The van der Waals surface area contributed by atoms with Crippen LogP contribution in [0.25, 0.3) is 21.9 Å². The highest BCUT2D eigenvalue weighted by Crippen LogP contribution is 2.30. The van der Waals surface area contributed by atoms with Gasteiger partial charge in [0.25, 0.3) is 0 Å². The molecule has 2 aromatic heterocycles. The Kier molecular flexibility index (Phi) is 4.73. The lowest BCUT2D eigenvalue weighted by Gasteiger charge is -2.18. The lowest BCUT2D eigenvalue weighted by molar-refractivity contribution is -0.139. The Bertz CT molecular complexity index is 954. The summed E-state index contributed by atoms with van der Waals surface area (Å²) < 4.78 is 20.6. The Morgan fingerprint density at radius 1 is 1.35 bits per heavy atom. The zero-order valence-electron chi connectivity index (χ0n) is 15.2. The van der Waals surface area contributed by atoms with Crippen molar-refractivity contribution in [3.8, 4) is 0 Å². The Morgan fingerprint density at radius 2 is 2.19 bits per heavy atom. The van der Waals surface area contributed by atoms with Crippen molar-refractivity contribution in [3.63, 3.8) is 0 Å². The van der Waals surface area contributed by atoms with Gasteiger partial charge < -0.3 is 18.8 Å². The van der Waals surface area contributed by atoms with Crippen molar-refractivity contribution in [2.24, 2.45) is 0 Å². The highest BCUT2D eigenvalue weighted by Gasteiger charge is 2.33. The summed E-state index contributed by atoms with van der Waals surface area (Å²) in [6, 6.07) is 6.13.